The largest absolute Gasteiger partial charge is 0.494 e. The predicted molar refractivity (Wildman–Crippen MR) is 102 cm³/mol. The number of amides is 1. The number of morpholine rings is 1. The van der Waals surface area contributed by atoms with E-state index in [-0.39, 0.29) is 5.91 Å². The molecule has 2 aromatic rings. The van der Waals surface area contributed by atoms with Gasteiger partial charge in [0.1, 0.15) is 5.75 Å². The summed E-state index contributed by atoms with van der Waals surface area (Å²) >= 11 is 0. The van der Waals surface area contributed by atoms with Crippen LogP contribution in [0.25, 0.3) is 0 Å². The summed E-state index contributed by atoms with van der Waals surface area (Å²) in [5, 5.41) is 4.03. The fourth-order valence-electron chi connectivity index (χ4n) is 2.69. The second-order valence-corrected chi connectivity index (χ2v) is 5.85. The monoisotopic (exact) mass is 353 g/mol. The van der Waals surface area contributed by atoms with Gasteiger partial charge >= 0.3 is 0 Å². The molecule has 0 spiro atoms. The maximum atomic E-state index is 12.1. The van der Waals surface area contributed by atoms with Gasteiger partial charge in [-0.2, -0.15) is 5.10 Å². The van der Waals surface area contributed by atoms with Gasteiger partial charge in [0, 0.05) is 24.3 Å². The van der Waals surface area contributed by atoms with Crippen molar-refractivity contribution in [2.45, 2.75) is 6.92 Å². The molecule has 1 saturated heterocycles. The lowest BCUT2D eigenvalue weighted by Crippen LogP contribution is -2.36. The summed E-state index contributed by atoms with van der Waals surface area (Å²) in [4.78, 5) is 14.4. The van der Waals surface area contributed by atoms with E-state index < -0.39 is 0 Å². The van der Waals surface area contributed by atoms with Crippen molar-refractivity contribution in [3.63, 3.8) is 0 Å². The Kier molecular flexibility index (Phi) is 6.22. The van der Waals surface area contributed by atoms with Crippen LogP contribution in [0.5, 0.6) is 5.75 Å². The molecule has 1 heterocycles. The zero-order valence-corrected chi connectivity index (χ0v) is 14.9. The molecule has 0 atom stereocenters. The third kappa shape index (κ3) is 4.83. The number of carbonyl (C=O) groups excluding carboxylic acids is 1. The number of anilines is 1. The van der Waals surface area contributed by atoms with Gasteiger partial charge in [0.25, 0.3) is 5.91 Å². The van der Waals surface area contributed by atoms with Gasteiger partial charge in [-0.25, -0.2) is 5.43 Å². The fraction of sp³-hybridized carbons (Fsp3) is 0.300. The van der Waals surface area contributed by atoms with E-state index >= 15 is 0 Å². The van der Waals surface area contributed by atoms with E-state index in [1.807, 2.05) is 19.1 Å². The van der Waals surface area contributed by atoms with Crippen LogP contribution in [-0.4, -0.2) is 45.0 Å². The third-order valence-corrected chi connectivity index (χ3v) is 4.08. The van der Waals surface area contributed by atoms with Crippen molar-refractivity contribution in [1.29, 1.82) is 0 Å². The first kappa shape index (κ1) is 17.9. The first-order chi connectivity index (χ1) is 12.8. The lowest BCUT2D eigenvalue weighted by atomic mass is 10.2. The van der Waals surface area contributed by atoms with Crippen molar-refractivity contribution < 1.29 is 14.3 Å². The lowest BCUT2D eigenvalue weighted by molar-refractivity contribution is 0.0955. The molecule has 6 heteroatoms. The molecule has 0 bridgehead atoms. The zero-order valence-electron chi connectivity index (χ0n) is 14.9. The van der Waals surface area contributed by atoms with Crippen LogP contribution in [0.1, 0.15) is 22.8 Å². The molecule has 1 N–H and O–H groups in total. The van der Waals surface area contributed by atoms with Crippen LogP contribution in [0.4, 0.5) is 5.69 Å². The maximum absolute atomic E-state index is 12.1. The summed E-state index contributed by atoms with van der Waals surface area (Å²) in [6.07, 6.45) is 1.63. The van der Waals surface area contributed by atoms with Gasteiger partial charge in [0.15, 0.2) is 0 Å². The predicted octanol–water partition coefficient (Wildman–Crippen LogP) is 2.69. The fourth-order valence-corrected chi connectivity index (χ4v) is 2.69. The number of nitrogens with zero attached hydrogens (tertiary/aromatic N) is 2. The molecule has 6 nitrogen and oxygen atoms in total. The van der Waals surface area contributed by atoms with E-state index in [2.05, 4.69) is 27.6 Å². The van der Waals surface area contributed by atoms with Crippen molar-refractivity contribution in [2.75, 3.05) is 37.8 Å². The first-order valence-electron chi connectivity index (χ1n) is 8.75. The van der Waals surface area contributed by atoms with E-state index in [1.54, 1.807) is 30.5 Å². The Morgan fingerprint density at radius 3 is 2.50 bits per heavy atom. The van der Waals surface area contributed by atoms with Gasteiger partial charge < -0.3 is 14.4 Å². The van der Waals surface area contributed by atoms with Crippen molar-refractivity contribution in [3.8, 4) is 5.75 Å². The van der Waals surface area contributed by atoms with Crippen LogP contribution in [0, 0.1) is 0 Å². The highest BCUT2D eigenvalue weighted by Crippen LogP contribution is 2.16. The second kappa shape index (κ2) is 9.01. The lowest BCUT2D eigenvalue weighted by Gasteiger charge is -2.28. The molecule has 0 aliphatic carbocycles. The van der Waals surface area contributed by atoms with Crippen LogP contribution in [0.3, 0.4) is 0 Å². The molecule has 0 radical (unpaired) electrons. The number of ether oxygens (including phenoxy) is 2. The minimum Gasteiger partial charge on any atom is -0.494 e. The Bertz CT molecular complexity index is 736. The van der Waals surface area contributed by atoms with E-state index in [1.165, 1.54) is 5.69 Å². The molecule has 1 amide bonds. The Morgan fingerprint density at radius 1 is 1.15 bits per heavy atom. The van der Waals surface area contributed by atoms with Gasteiger partial charge in [-0.05, 0) is 48.9 Å². The number of hydrazone groups is 1. The van der Waals surface area contributed by atoms with Crippen LogP contribution in [-0.2, 0) is 4.74 Å². The maximum Gasteiger partial charge on any atom is 0.271 e. The molecule has 0 unspecified atom stereocenters. The number of hydrogen-bond acceptors (Lipinski definition) is 5. The van der Waals surface area contributed by atoms with E-state index in [4.69, 9.17) is 9.47 Å². The van der Waals surface area contributed by atoms with Crippen molar-refractivity contribution in [3.05, 3.63) is 59.7 Å². The summed E-state index contributed by atoms with van der Waals surface area (Å²) in [6.45, 7) is 5.86. The number of rotatable bonds is 6. The molecule has 1 fully saturated rings. The van der Waals surface area contributed by atoms with E-state index in [0.717, 1.165) is 37.6 Å². The summed E-state index contributed by atoms with van der Waals surface area (Å²) < 4.78 is 10.7. The minimum absolute atomic E-state index is 0.255. The normalized spacial score (nSPS) is 14.4. The van der Waals surface area contributed by atoms with Crippen molar-refractivity contribution in [2.24, 2.45) is 5.10 Å². The molecule has 1 aliphatic heterocycles. The molecule has 136 valence electrons. The van der Waals surface area contributed by atoms with Gasteiger partial charge in [0.2, 0.25) is 0 Å². The molecule has 26 heavy (non-hydrogen) atoms. The topological polar surface area (TPSA) is 63.2 Å². The molecule has 2 aromatic carbocycles. The van der Waals surface area contributed by atoms with Crippen LogP contribution >= 0.6 is 0 Å². The van der Waals surface area contributed by atoms with Gasteiger partial charge in [0.05, 0.1) is 26.0 Å². The summed E-state index contributed by atoms with van der Waals surface area (Å²) in [5.41, 5.74) is 5.17. The SMILES string of the molecule is CCOc1ccc(C(=O)N/N=C\c2ccc(N3CCOCC3)cc2)cc1. The van der Waals surface area contributed by atoms with Crippen LogP contribution < -0.4 is 15.1 Å². The quantitative estimate of drug-likeness (QED) is 0.641. The molecular weight excluding hydrogens is 330 g/mol. The minimum atomic E-state index is -0.255. The Balaban J connectivity index is 1.53. The molecular formula is C20H23N3O3. The number of nitrogens with one attached hydrogen (secondary N) is 1. The second-order valence-electron chi connectivity index (χ2n) is 5.85. The number of hydrogen-bond donors (Lipinski definition) is 1. The highest BCUT2D eigenvalue weighted by molar-refractivity contribution is 5.95. The third-order valence-electron chi connectivity index (χ3n) is 4.08. The standard InChI is InChI=1S/C20H23N3O3/c1-2-26-19-9-5-17(6-10-19)20(24)22-21-15-16-3-7-18(8-4-16)23-11-13-25-14-12-23/h3-10,15H,2,11-14H2,1H3,(H,22,24)/b21-15-. The van der Waals surface area contributed by atoms with Crippen LogP contribution in [0.15, 0.2) is 53.6 Å². The van der Waals surface area contributed by atoms with Gasteiger partial charge in [-0.1, -0.05) is 12.1 Å². The molecule has 1 aliphatic rings. The van der Waals surface area contributed by atoms with Crippen molar-refractivity contribution >= 4 is 17.8 Å². The van der Waals surface area contributed by atoms with Gasteiger partial charge in [-0.15, -0.1) is 0 Å². The number of benzene rings is 2. The van der Waals surface area contributed by atoms with Crippen molar-refractivity contribution in [1.82, 2.24) is 5.43 Å². The molecule has 0 saturated carbocycles. The first-order valence-corrected chi connectivity index (χ1v) is 8.75. The average molecular weight is 353 g/mol. The summed E-state index contributed by atoms with van der Waals surface area (Å²) in [7, 11) is 0. The Labute approximate surface area is 153 Å². The summed E-state index contributed by atoms with van der Waals surface area (Å²) in [6, 6.07) is 15.1. The Morgan fingerprint density at radius 2 is 1.85 bits per heavy atom. The molecule has 0 aromatic heterocycles. The zero-order chi connectivity index (χ0) is 18.2. The smallest absolute Gasteiger partial charge is 0.271 e. The molecule has 3 rings (SSSR count). The van der Waals surface area contributed by atoms with Crippen LogP contribution in [0.2, 0.25) is 0 Å². The van der Waals surface area contributed by atoms with E-state index in [0.29, 0.717) is 12.2 Å². The average Bonchev–Trinajstić information content (AvgIpc) is 2.70. The Hall–Kier alpha value is -2.86. The van der Waals surface area contributed by atoms with E-state index in [9.17, 15) is 4.79 Å². The summed E-state index contributed by atoms with van der Waals surface area (Å²) in [5.74, 6) is 0.488. The van der Waals surface area contributed by atoms with Gasteiger partial charge in [-0.3, -0.25) is 4.79 Å². The highest BCUT2D eigenvalue weighted by Gasteiger charge is 2.10. The highest BCUT2D eigenvalue weighted by atomic mass is 16.5. The number of carbonyl (C=O) groups is 1.